The van der Waals surface area contributed by atoms with Crippen molar-refractivity contribution in [3.63, 3.8) is 0 Å². The molecular formula is C12H15BrN2O. The summed E-state index contributed by atoms with van der Waals surface area (Å²) in [5, 5.41) is 2.88. The van der Waals surface area contributed by atoms with Crippen molar-refractivity contribution in [1.29, 1.82) is 0 Å². The Labute approximate surface area is 104 Å². The van der Waals surface area contributed by atoms with Crippen molar-refractivity contribution in [2.24, 2.45) is 5.73 Å². The fourth-order valence-corrected chi connectivity index (χ4v) is 2.05. The predicted octanol–water partition coefficient (Wildman–Crippen LogP) is 1.87. The summed E-state index contributed by atoms with van der Waals surface area (Å²) in [6, 6.07) is 6.02. The SMILES string of the molecule is Cc1cc(Br)ccc1CNC(=O)C1(N)CC1. The Morgan fingerprint density at radius 1 is 1.56 bits per heavy atom. The highest BCUT2D eigenvalue weighted by molar-refractivity contribution is 9.10. The van der Waals surface area contributed by atoms with E-state index >= 15 is 0 Å². The first kappa shape index (κ1) is 11.6. The zero-order valence-electron chi connectivity index (χ0n) is 9.22. The average Bonchev–Trinajstić information content (AvgIpc) is 2.96. The van der Waals surface area contributed by atoms with Crippen LogP contribution in [-0.4, -0.2) is 11.4 Å². The van der Waals surface area contributed by atoms with Crippen molar-refractivity contribution in [2.75, 3.05) is 0 Å². The molecule has 0 radical (unpaired) electrons. The number of carbonyl (C=O) groups excluding carboxylic acids is 1. The van der Waals surface area contributed by atoms with Gasteiger partial charge in [0, 0.05) is 11.0 Å². The molecule has 0 heterocycles. The summed E-state index contributed by atoms with van der Waals surface area (Å²) in [5.74, 6) is -0.0326. The van der Waals surface area contributed by atoms with E-state index in [4.69, 9.17) is 5.73 Å². The standard InChI is InChI=1S/C12H15BrN2O/c1-8-6-10(13)3-2-9(8)7-15-11(16)12(14)4-5-12/h2-3,6H,4-5,7,14H2,1H3,(H,15,16). The van der Waals surface area contributed by atoms with Gasteiger partial charge in [-0.3, -0.25) is 4.79 Å². The molecule has 3 N–H and O–H groups in total. The van der Waals surface area contributed by atoms with Gasteiger partial charge in [0.2, 0.25) is 5.91 Å². The van der Waals surface area contributed by atoms with Crippen LogP contribution >= 0.6 is 15.9 Å². The fraction of sp³-hybridized carbons (Fsp3) is 0.417. The maximum Gasteiger partial charge on any atom is 0.240 e. The highest BCUT2D eigenvalue weighted by atomic mass is 79.9. The second-order valence-corrected chi connectivity index (χ2v) is 5.33. The van der Waals surface area contributed by atoms with Gasteiger partial charge in [0.05, 0.1) is 5.54 Å². The van der Waals surface area contributed by atoms with Crippen molar-refractivity contribution in [3.05, 3.63) is 33.8 Å². The first-order valence-corrected chi connectivity index (χ1v) is 6.13. The molecule has 1 aromatic carbocycles. The van der Waals surface area contributed by atoms with E-state index in [-0.39, 0.29) is 5.91 Å². The molecule has 1 aromatic rings. The van der Waals surface area contributed by atoms with E-state index in [9.17, 15) is 4.79 Å². The molecule has 2 rings (SSSR count). The van der Waals surface area contributed by atoms with Gasteiger partial charge in [-0.15, -0.1) is 0 Å². The fourth-order valence-electron chi connectivity index (χ4n) is 1.57. The Balaban J connectivity index is 1.97. The van der Waals surface area contributed by atoms with Crippen molar-refractivity contribution >= 4 is 21.8 Å². The number of rotatable bonds is 3. The molecule has 4 heteroatoms. The summed E-state index contributed by atoms with van der Waals surface area (Å²) < 4.78 is 1.05. The Morgan fingerprint density at radius 3 is 2.81 bits per heavy atom. The summed E-state index contributed by atoms with van der Waals surface area (Å²) >= 11 is 3.41. The van der Waals surface area contributed by atoms with E-state index in [1.165, 1.54) is 0 Å². The Kier molecular flexibility index (Phi) is 3.04. The number of aryl methyl sites for hydroxylation is 1. The van der Waals surface area contributed by atoms with Crippen molar-refractivity contribution in [1.82, 2.24) is 5.32 Å². The Hall–Kier alpha value is -0.870. The van der Waals surface area contributed by atoms with E-state index < -0.39 is 5.54 Å². The van der Waals surface area contributed by atoms with Crippen molar-refractivity contribution in [3.8, 4) is 0 Å². The smallest absolute Gasteiger partial charge is 0.240 e. The lowest BCUT2D eigenvalue weighted by atomic mass is 10.1. The monoisotopic (exact) mass is 282 g/mol. The summed E-state index contributed by atoms with van der Waals surface area (Å²) in [7, 11) is 0. The van der Waals surface area contributed by atoms with Crippen LogP contribution in [0, 0.1) is 6.92 Å². The number of benzene rings is 1. The summed E-state index contributed by atoms with van der Waals surface area (Å²) in [6.07, 6.45) is 1.61. The largest absolute Gasteiger partial charge is 0.350 e. The van der Waals surface area contributed by atoms with Crippen molar-refractivity contribution in [2.45, 2.75) is 31.8 Å². The van der Waals surface area contributed by atoms with Crippen LogP contribution in [0.3, 0.4) is 0 Å². The first-order chi connectivity index (χ1) is 7.51. The highest BCUT2D eigenvalue weighted by Gasteiger charge is 2.45. The number of carbonyl (C=O) groups is 1. The van der Waals surface area contributed by atoms with Gasteiger partial charge in [-0.1, -0.05) is 22.0 Å². The molecule has 86 valence electrons. The maximum absolute atomic E-state index is 11.6. The second-order valence-electron chi connectivity index (χ2n) is 4.41. The second kappa shape index (κ2) is 4.18. The van der Waals surface area contributed by atoms with Gasteiger partial charge in [-0.05, 0) is 43.0 Å². The minimum Gasteiger partial charge on any atom is -0.350 e. The average molecular weight is 283 g/mol. The lowest BCUT2D eigenvalue weighted by molar-refractivity contribution is -0.123. The molecule has 0 saturated heterocycles. The first-order valence-electron chi connectivity index (χ1n) is 5.33. The molecule has 1 fully saturated rings. The minimum absolute atomic E-state index is 0.0326. The zero-order chi connectivity index (χ0) is 11.8. The van der Waals surface area contributed by atoms with E-state index in [2.05, 4.69) is 21.2 Å². The molecule has 1 aliphatic carbocycles. The molecule has 1 amide bonds. The lowest BCUT2D eigenvalue weighted by Gasteiger charge is -2.11. The lowest BCUT2D eigenvalue weighted by Crippen LogP contribution is -2.42. The van der Waals surface area contributed by atoms with Gasteiger partial charge >= 0.3 is 0 Å². The molecule has 0 spiro atoms. The molecule has 0 atom stereocenters. The minimum atomic E-state index is -0.580. The number of nitrogens with two attached hydrogens (primary N) is 1. The topological polar surface area (TPSA) is 55.1 Å². The molecule has 0 aromatic heterocycles. The quantitative estimate of drug-likeness (QED) is 0.889. The summed E-state index contributed by atoms with van der Waals surface area (Å²) in [4.78, 5) is 11.6. The van der Waals surface area contributed by atoms with E-state index in [1.807, 2.05) is 25.1 Å². The maximum atomic E-state index is 11.6. The van der Waals surface area contributed by atoms with Crippen LogP contribution in [0.2, 0.25) is 0 Å². The van der Waals surface area contributed by atoms with E-state index in [0.29, 0.717) is 6.54 Å². The van der Waals surface area contributed by atoms with Gasteiger partial charge in [-0.2, -0.15) is 0 Å². The van der Waals surface area contributed by atoms with Crippen LogP contribution in [0.25, 0.3) is 0 Å². The van der Waals surface area contributed by atoms with Crippen molar-refractivity contribution < 1.29 is 4.79 Å². The highest BCUT2D eigenvalue weighted by Crippen LogP contribution is 2.32. The van der Waals surface area contributed by atoms with Gasteiger partial charge in [0.15, 0.2) is 0 Å². The number of amides is 1. The molecule has 1 saturated carbocycles. The van der Waals surface area contributed by atoms with Crippen LogP contribution in [-0.2, 0) is 11.3 Å². The molecule has 0 unspecified atom stereocenters. The van der Waals surface area contributed by atoms with Gasteiger partial charge in [0.25, 0.3) is 0 Å². The third-order valence-electron chi connectivity index (χ3n) is 2.98. The van der Waals surface area contributed by atoms with Crippen LogP contribution in [0.1, 0.15) is 24.0 Å². The zero-order valence-corrected chi connectivity index (χ0v) is 10.8. The normalized spacial score (nSPS) is 16.9. The number of hydrogen-bond acceptors (Lipinski definition) is 2. The molecule has 0 aliphatic heterocycles. The molecular weight excluding hydrogens is 268 g/mol. The third kappa shape index (κ3) is 2.44. The Bertz CT molecular complexity index is 427. The molecule has 1 aliphatic rings. The van der Waals surface area contributed by atoms with Gasteiger partial charge in [0.1, 0.15) is 0 Å². The van der Waals surface area contributed by atoms with Gasteiger partial charge in [-0.25, -0.2) is 0 Å². The number of nitrogens with one attached hydrogen (secondary N) is 1. The van der Waals surface area contributed by atoms with E-state index in [0.717, 1.165) is 28.4 Å². The van der Waals surface area contributed by atoms with Gasteiger partial charge < -0.3 is 11.1 Å². The Morgan fingerprint density at radius 2 is 2.25 bits per heavy atom. The molecule has 16 heavy (non-hydrogen) atoms. The molecule has 3 nitrogen and oxygen atoms in total. The summed E-state index contributed by atoms with van der Waals surface area (Å²) in [6.45, 7) is 2.58. The van der Waals surface area contributed by atoms with Crippen LogP contribution in [0.15, 0.2) is 22.7 Å². The van der Waals surface area contributed by atoms with Crippen LogP contribution < -0.4 is 11.1 Å². The number of hydrogen-bond donors (Lipinski definition) is 2. The summed E-state index contributed by atoms with van der Waals surface area (Å²) in [5.41, 5.74) is 7.51. The predicted molar refractivity (Wildman–Crippen MR) is 66.9 cm³/mol. The van der Waals surface area contributed by atoms with Crippen LogP contribution in [0.4, 0.5) is 0 Å². The van der Waals surface area contributed by atoms with Crippen LogP contribution in [0.5, 0.6) is 0 Å². The molecule has 0 bridgehead atoms. The van der Waals surface area contributed by atoms with E-state index in [1.54, 1.807) is 0 Å². The third-order valence-corrected chi connectivity index (χ3v) is 3.48. The number of halogens is 1.